The van der Waals surface area contributed by atoms with E-state index in [2.05, 4.69) is 24.1 Å². The Balaban J connectivity index is 1.63. The molecule has 186 valence electrons. The van der Waals surface area contributed by atoms with Crippen molar-refractivity contribution in [1.29, 1.82) is 0 Å². The second-order valence-corrected chi connectivity index (χ2v) is 11.3. The summed E-state index contributed by atoms with van der Waals surface area (Å²) in [7, 11) is -0.260. The Hall–Kier alpha value is -3.17. The zero-order chi connectivity index (χ0) is 25.2. The maximum absolute atomic E-state index is 13.4. The number of piperidine rings is 1. The second-order valence-electron chi connectivity index (χ2n) is 9.38. The lowest BCUT2D eigenvalue weighted by Gasteiger charge is -2.34. The molecule has 3 atom stereocenters. The number of imidazole rings is 1. The van der Waals surface area contributed by atoms with Crippen LogP contribution in [0.25, 0.3) is 0 Å². The molecule has 1 saturated heterocycles. The number of methoxy groups -OCH3 is 1. The molecular weight excluding hydrogens is 464 g/mol. The summed E-state index contributed by atoms with van der Waals surface area (Å²) in [6, 6.07) is 13.1. The van der Waals surface area contributed by atoms with Crippen molar-refractivity contribution in [3.8, 4) is 5.75 Å². The van der Waals surface area contributed by atoms with Crippen LogP contribution in [0.4, 0.5) is 0 Å². The largest absolute Gasteiger partial charge is 0.497 e. The quantitative estimate of drug-likeness (QED) is 0.539. The molecule has 9 heteroatoms. The smallest absolute Gasteiger partial charge is 0.252 e. The molecule has 0 radical (unpaired) electrons. The number of aryl methyl sites for hydroxylation is 1. The molecule has 0 bridgehead atoms. The number of hydrogen-bond acceptors (Lipinski definition) is 5. The van der Waals surface area contributed by atoms with E-state index in [-0.39, 0.29) is 10.5 Å². The van der Waals surface area contributed by atoms with Crippen molar-refractivity contribution in [2.45, 2.75) is 31.2 Å². The molecule has 1 N–H and O–H groups in total. The van der Waals surface area contributed by atoms with Gasteiger partial charge in [-0.2, -0.15) is 4.31 Å². The van der Waals surface area contributed by atoms with Crippen LogP contribution < -0.4 is 10.1 Å². The van der Waals surface area contributed by atoms with Gasteiger partial charge in [-0.15, -0.1) is 0 Å². The maximum atomic E-state index is 13.4. The molecule has 0 spiro atoms. The van der Waals surface area contributed by atoms with Crippen LogP contribution in [-0.2, 0) is 17.1 Å². The molecule has 1 aliphatic heterocycles. The molecule has 0 aliphatic carbocycles. The van der Waals surface area contributed by atoms with E-state index >= 15 is 0 Å². The van der Waals surface area contributed by atoms with E-state index in [4.69, 9.17) is 4.74 Å². The van der Waals surface area contributed by atoms with Crippen LogP contribution >= 0.6 is 0 Å². The van der Waals surface area contributed by atoms with Crippen molar-refractivity contribution in [3.63, 3.8) is 0 Å². The standard InChI is InChI=1S/C26H32N4O4S/c1-18-13-19(2)17-30(16-18)35(32,33)23-10-6-8-21(15-23)26(31)28-24(25-27-11-12-29(25)3)20-7-5-9-22(14-20)34-4/h5-12,14-15,18-19,24H,13,16-17H2,1-4H3,(H,28,31)/t18-,19+,24-/m1/s1. The fourth-order valence-electron chi connectivity index (χ4n) is 4.74. The number of amides is 1. The van der Waals surface area contributed by atoms with Gasteiger partial charge in [0.1, 0.15) is 17.6 Å². The van der Waals surface area contributed by atoms with Gasteiger partial charge >= 0.3 is 0 Å². The van der Waals surface area contributed by atoms with Crippen molar-refractivity contribution < 1.29 is 17.9 Å². The lowest BCUT2D eigenvalue weighted by atomic mass is 9.94. The van der Waals surface area contributed by atoms with Crippen LogP contribution in [0.5, 0.6) is 5.75 Å². The zero-order valence-electron chi connectivity index (χ0n) is 20.5. The fourth-order valence-corrected chi connectivity index (χ4v) is 6.46. The summed E-state index contributed by atoms with van der Waals surface area (Å²) in [5.74, 6) is 1.50. The number of hydrogen-bond donors (Lipinski definition) is 1. The van der Waals surface area contributed by atoms with Gasteiger partial charge in [0.25, 0.3) is 5.91 Å². The molecule has 1 fully saturated rings. The minimum absolute atomic E-state index is 0.126. The second kappa shape index (κ2) is 10.2. The van der Waals surface area contributed by atoms with Crippen molar-refractivity contribution in [2.75, 3.05) is 20.2 Å². The monoisotopic (exact) mass is 496 g/mol. The molecule has 1 aliphatic rings. The summed E-state index contributed by atoms with van der Waals surface area (Å²) in [5, 5.41) is 3.03. The van der Waals surface area contributed by atoms with Gasteiger partial charge in [-0.05, 0) is 54.2 Å². The van der Waals surface area contributed by atoms with Crippen LogP contribution in [0.1, 0.15) is 48.1 Å². The Kier molecular flexibility index (Phi) is 7.28. The third kappa shape index (κ3) is 5.41. The summed E-state index contributed by atoms with van der Waals surface area (Å²) in [5.41, 5.74) is 1.07. The number of ether oxygens (including phenoxy) is 1. The molecule has 1 amide bonds. The van der Waals surface area contributed by atoms with Crippen LogP contribution in [0, 0.1) is 11.8 Å². The zero-order valence-corrected chi connectivity index (χ0v) is 21.3. The number of benzene rings is 2. The van der Waals surface area contributed by atoms with E-state index < -0.39 is 22.0 Å². The topological polar surface area (TPSA) is 93.5 Å². The van der Waals surface area contributed by atoms with Gasteiger partial charge in [0.05, 0.1) is 12.0 Å². The lowest BCUT2D eigenvalue weighted by molar-refractivity contribution is 0.0941. The highest BCUT2D eigenvalue weighted by Gasteiger charge is 2.32. The van der Waals surface area contributed by atoms with Crippen LogP contribution in [0.15, 0.2) is 65.8 Å². The van der Waals surface area contributed by atoms with Crippen LogP contribution in [0.3, 0.4) is 0 Å². The normalized spacial score (nSPS) is 19.8. The van der Waals surface area contributed by atoms with Crippen LogP contribution in [-0.4, -0.2) is 48.4 Å². The average Bonchev–Trinajstić information content (AvgIpc) is 3.27. The summed E-state index contributed by atoms with van der Waals surface area (Å²) >= 11 is 0. The van der Waals surface area contributed by atoms with Crippen LogP contribution in [0.2, 0.25) is 0 Å². The number of rotatable bonds is 7. The van der Waals surface area contributed by atoms with Gasteiger partial charge < -0.3 is 14.6 Å². The molecule has 0 saturated carbocycles. The first-order valence-corrected chi connectivity index (χ1v) is 13.1. The SMILES string of the molecule is COc1cccc([C@@H](NC(=O)c2cccc(S(=O)(=O)N3C[C@H](C)C[C@H](C)C3)c2)c2nccn2C)c1. The predicted molar refractivity (Wildman–Crippen MR) is 134 cm³/mol. The highest BCUT2D eigenvalue weighted by molar-refractivity contribution is 7.89. The van der Waals surface area contributed by atoms with Crippen molar-refractivity contribution >= 4 is 15.9 Å². The van der Waals surface area contributed by atoms with E-state index in [0.29, 0.717) is 36.5 Å². The Morgan fingerprint density at radius 3 is 2.49 bits per heavy atom. The molecular formula is C26H32N4O4S. The number of carbonyl (C=O) groups is 1. The van der Waals surface area contributed by atoms with Crippen molar-refractivity contribution in [2.24, 2.45) is 18.9 Å². The van der Waals surface area contributed by atoms with Gasteiger partial charge in [0.2, 0.25) is 10.0 Å². The summed E-state index contributed by atoms with van der Waals surface area (Å²) in [6.45, 7) is 5.11. The summed E-state index contributed by atoms with van der Waals surface area (Å²) in [6.07, 6.45) is 4.48. The molecule has 4 rings (SSSR count). The number of aromatic nitrogens is 2. The molecule has 2 aromatic carbocycles. The van der Waals surface area contributed by atoms with Gasteiger partial charge in [-0.25, -0.2) is 13.4 Å². The predicted octanol–water partition coefficient (Wildman–Crippen LogP) is 3.61. The highest BCUT2D eigenvalue weighted by atomic mass is 32.2. The molecule has 2 heterocycles. The van der Waals surface area contributed by atoms with Crippen molar-refractivity contribution in [3.05, 3.63) is 77.9 Å². The van der Waals surface area contributed by atoms with Crippen molar-refractivity contribution in [1.82, 2.24) is 19.2 Å². The first-order chi connectivity index (χ1) is 16.7. The minimum atomic E-state index is -3.70. The first kappa shape index (κ1) is 24.9. The molecule has 3 aromatic rings. The first-order valence-electron chi connectivity index (χ1n) is 11.7. The number of sulfonamides is 1. The van der Waals surface area contributed by atoms with E-state index in [1.807, 2.05) is 42.1 Å². The van der Waals surface area contributed by atoms with E-state index in [0.717, 1.165) is 12.0 Å². The summed E-state index contributed by atoms with van der Waals surface area (Å²) in [4.78, 5) is 17.9. The van der Waals surface area contributed by atoms with Gasteiger partial charge in [0.15, 0.2) is 0 Å². The molecule has 0 unspecified atom stereocenters. The highest BCUT2D eigenvalue weighted by Crippen LogP contribution is 2.28. The third-order valence-electron chi connectivity index (χ3n) is 6.39. The number of nitrogens with one attached hydrogen (secondary N) is 1. The molecule has 35 heavy (non-hydrogen) atoms. The fraction of sp³-hybridized carbons (Fsp3) is 0.385. The van der Waals surface area contributed by atoms with E-state index in [1.165, 1.54) is 10.4 Å². The van der Waals surface area contributed by atoms with Gasteiger partial charge in [-0.3, -0.25) is 4.79 Å². The maximum Gasteiger partial charge on any atom is 0.252 e. The number of carbonyl (C=O) groups excluding carboxylic acids is 1. The number of nitrogens with zero attached hydrogens (tertiary/aromatic N) is 3. The molecule has 8 nitrogen and oxygen atoms in total. The van der Waals surface area contributed by atoms with Gasteiger partial charge in [-0.1, -0.05) is 32.0 Å². The Labute approximate surface area is 207 Å². The molecule has 1 aromatic heterocycles. The lowest BCUT2D eigenvalue weighted by Crippen LogP contribution is -2.42. The van der Waals surface area contributed by atoms with E-state index in [1.54, 1.807) is 31.5 Å². The average molecular weight is 497 g/mol. The Bertz CT molecular complexity index is 1290. The van der Waals surface area contributed by atoms with Gasteiger partial charge in [0, 0.05) is 38.1 Å². The Morgan fingerprint density at radius 2 is 1.83 bits per heavy atom. The van der Waals surface area contributed by atoms with E-state index in [9.17, 15) is 13.2 Å². The Morgan fingerprint density at radius 1 is 1.11 bits per heavy atom. The third-order valence-corrected chi connectivity index (χ3v) is 8.22. The minimum Gasteiger partial charge on any atom is -0.497 e. The summed E-state index contributed by atoms with van der Waals surface area (Å²) < 4.78 is 35.5.